The molecule has 0 fully saturated rings. The van der Waals surface area contributed by atoms with Crippen LogP contribution in [0.5, 0.6) is 5.75 Å². The number of benzene rings is 10. The highest BCUT2D eigenvalue weighted by Gasteiger charge is 2.23. The van der Waals surface area contributed by atoms with Gasteiger partial charge in [0.1, 0.15) is 23.0 Å². The molecule has 65 heavy (non-hydrogen) atoms. The second-order valence-corrected chi connectivity index (χ2v) is 16.8. The number of allylic oxidation sites excluding steroid dienone is 2. The number of para-hydroxylation sites is 1. The van der Waals surface area contributed by atoms with Gasteiger partial charge >= 0.3 is 0 Å². The van der Waals surface area contributed by atoms with Crippen molar-refractivity contribution >= 4 is 60.4 Å². The average Bonchev–Trinajstić information content (AvgIpc) is 3.98. The molecule has 1 atom stereocenters. The first-order chi connectivity index (χ1) is 32.2. The Kier molecular flexibility index (Phi) is 9.65. The van der Waals surface area contributed by atoms with Gasteiger partial charge in [-0.05, 0) is 127 Å². The minimum absolute atomic E-state index is 0.0894. The van der Waals surface area contributed by atoms with E-state index >= 15 is 0 Å². The predicted octanol–water partition coefficient (Wildman–Crippen LogP) is 16.6. The van der Waals surface area contributed by atoms with E-state index in [9.17, 15) is 0 Å². The first kappa shape index (κ1) is 38.3. The predicted molar refractivity (Wildman–Crippen MR) is 272 cm³/mol. The van der Waals surface area contributed by atoms with Crippen molar-refractivity contribution in [2.75, 3.05) is 4.90 Å². The van der Waals surface area contributed by atoms with E-state index in [0.717, 1.165) is 84.4 Å². The molecule has 1 unspecified atom stereocenters. The summed E-state index contributed by atoms with van der Waals surface area (Å²) in [4.78, 5) is 2.31. The fraction of sp³-hybridized carbons (Fsp3) is 0.0323. The van der Waals surface area contributed by atoms with Gasteiger partial charge in [0.15, 0.2) is 0 Å². The third kappa shape index (κ3) is 7.23. The Morgan fingerprint density at radius 3 is 1.92 bits per heavy atom. The van der Waals surface area contributed by atoms with Crippen LogP contribution in [0.15, 0.2) is 247 Å². The van der Waals surface area contributed by atoms with Crippen molar-refractivity contribution in [1.29, 1.82) is 0 Å². The Balaban J connectivity index is 1.02. The van der Waals surface area contributed by atoms with E-state index in [2.05, 4.69) is 242 Å². The molecule has 3 nitrogen and oxygen atoms in total. The van der Waals surface area contributed by atoms with Gasteiger partial charge in [-0.1, -0.05) is 176 Å². The molecule has 0 saturated heterocycles. The monoisotopic (exact) mass is 833 g/mol. The van der Waals surface area contributed by atoms with Crippen LogP contribution in [0.3, 0.4) is 0 Å². The number of hydrogen-bond acceptors (Lipinski definition) is 3. The molecule has 0 spiro atoms. The normalized spacial score (nSPS) is 13.8. The molecular formula is C62H43NO2. The minimum atomic E-state index is -0.0894. The lowest BCUT2D eigenvalue weighted by Gasteiger charge is -2.23. The zero-order valence-corrected chi connectivity index (χ0v) is 35.6. The highest BCUT2D eigenvalue weighted by atomic mass is 16.5. The highest BCUT2D eigenvalue weighted by Crippen LogP contribution is 2.45. The largest absolute Gasteiger partial charge is 0.486 e. The maximum atomic E-state index is 7.00. The fourth-order valence-electron chi connectivity index (χ4n) is 9.57. The van der Waals surface area contributed by atoms with Gasteiger partial charge in [-0.2, -0.15) is 0 Å². The van der Waals surface area contributed by atoms with E-state index < -0.39 is 0 Å². The van der Waals surface area contributed by atoms with Gasteiger partial charge in [0.2, 0.25) is 0 Å². The molecule has 0 saturated carbocycles. The Morgan fingerprint density at radius 2 is 1.12 bits per heavy atom. The van der Waals surface area contributed by atoms with Crippen molar-refractivity contribution in [3.63, 3.8) is 0 Å². The highest BCUT2D eigenvalue weighted by molar-refractivity contribution is 6.17. The molecule has 1 aliphatic rings. The van der Waals surface area contributed by atoms with Crippen LogP contribution in [-0.4, -0.2) is 6.10 Å². The number of fused-ring (bicyclic) bond motifs is 7. The van der Waals surface area contributed by atoms with Gasteiger partial charge < -0.3 is 14.1 Å². The second kappa shape index (κ2) is 16.4. The van der Waals surface area contributed by atoms with Crippen LogP contribution in [0.1, 0.15) is 11.1 Å². The van der Waals surface area contributed by atoms with Crippen LogP contribution in [-0.2, 0) is 6.42 Å². The lowest BCUT2D eigenvalue weighted by atomic mass is 9.97. The first-order valence-electron chi connectivity index (χ1n) is 22.3. The van der Waals surface area contributed by atoms with Gasteiger partial charge in [-0.25, -0.2) is 0 Å². The number of nitrogens with zero attached hydrogens (tertiary/aromatic N) is 1. The second-order valence-electron chi connectivity index (χ2n) is 16.8. The molecule has 0 aliphatic carbocycles. The number of rotatable bonds is 9. The first-order valence-corrected chi connectivity index (χ1v) is 22.3. The molecule has 0 N–H and O–H groups in total. The SMILES string of the molecule is C(=C\N(c1ccc(-c2ccc3c(ccc4ccccc43)c2)cc1)c1ccc(-c2ccccc2)c2oc3cc(-c4ccccc4)ccc3c12)/C(=C\C1Cc2ccccc2O1)c1ccccc1. The van der Waals surface area contributed by atoms with Crippen LogP contribution in [0.4, 0.5) is 11.4 Å². The molecule has 2 heterocycles. The van der Waals surface area contributed by atoms with Gasteiger partial charge in [0.25, 0.3) is 0 Å². The fourth-order valence-corrected chi connectivity index (χ4v) is 9.57. The number of anilines is 2. The quantitative estimate of drug-likeness (QED) is 0.107. The Labute approximate surface area is 378 Å². The summed E-state index contributed by atoms with van der Waals surface area (Å²) in [7, 11) is 0. The van der Waals surface area contributed by atoms with Gasteiger partial charge in [-0.3, -0.25) is 0 Å². The van der Waals surface area contributed by atoms with Crippen molar-refractivity contribution < 1.29 is 9.15 Å². The van der Waals surface area contributed by atoms with E-state index in [1.165, 1.54) is 32.7 Å². The summed E-state index contributed by atoms with van der Waals surface area (Å²) in [5, 5.41) is 7.13. The van der Waals surface area contributed by atoms with E-state index in [4.69, 9.17) is 9.15 Å². The van der Waals surface area contributed by atoms with Gasteiger partial charge in [0.05, 0.1) is 11.1 Å². The lowest BCUT2D eigenvalue weighted by Crippen LogP contribution is -2.11. The topological polar surface area (TPSA) is 25.6 Å². The number of hydrogen-bond donors (Lipinski definition) is 0. The Morgan fingerprint density at radius 1 is 0.492 bits per heavy atom. The molecule has 0 amide bonds. The van der Waals surface area contributed by atoms with Crippen LogP contribution in [0.2, 0.25) is 0 Å². The van der Waals surface area contributed by atoms with Crippen molar-refractivity contribution in [3.8, 4) is 39.1 Å². The van der Waals surface area contributed by atoms with Crippen molar-refractivity contribution in [2.24, 2.45) is 0 Å². The van der Waals surface area contributed by atoms with Gasteiger partial charge in [0, 0.05) is 29.3 Å². The molecule has 0 bridgehead atoms. The molecule has 11 aromatic rings. The zero-order valence-electron chi connectivity index (χ0n) is 35.6. The van der Waals surface area contributed by atoms with Crippen molar-refractivity contribution in [3.05, 3.63) is 254 Å². The third-order valence-electron chi connectivity index (χ3n) is 12.8. The lowest BCUT2D eigenvalue weighted by molar-refractivity contribution is 0.284. The molecule has 12 rings (SSSR count). The summed E-state index contributed by atoms with van der Waals surface area (Å²) in [5.41, 5.74) is 13.9. The maximum absolute atomic E-state index is 7.00. The number of furan rings is 1. The average molecular weight is 834 g/mol. The summed E-state index contributed by atoms with van der Waals surface area (Å²) in [5.74, 6) is 0.953. The van der Waals surface area contributed by atoms with Gasteiger partial charge in [-0.15, -0.1) is 0 Å². The summed E-state index contributed by atoms with van der Waals surface area (Å²) >= 11 is 0. The molecule has 10 aromatic carbocycles. The van der Waals surface area contributed by atoms with E-state index in [1.54, 1.807) is 0 Å². The number of ether oxygens (including phenoxy) is 1. The van der Waals surface area contributed by atoms with Crippen molar-refractivity contribution in [1.82, 2.24) is 0 Å². The standard InChI is InChI=1S/C62H43NO2/c1-4-14-42(15-5-1)48-29-33-57-60(41-48)65-62-56(45-18-8-3-9-19-45)34-35-58(61(57)62)63(37-36-49(43-16-6-2-7-17-43)39-53-40-51-21-11-13-23-59(51)64-53)52-30-26-44(27-31-52)47-28-32-55-50(38-47)25-24-46-20-10-12-22-54(46)55/h1-39,41,53H,40H2/b37-36+,49-39+. The summed E-state index contributed by atoms with van der Waals surface area (Å²) in [6, 6.07) is 79.9. The van der Waals surface area contributed by atoms with E-state index in [0.29, 0.717) is 0 Å². The minimum Gasteiger partial charge on any atom is -0.486 e. The third-order valence-corrected chi connectivity index (χ3v) is 12.8. The van der Waals surface area contributed by atoms with E-state index in [1.807, 2.05) is 6.07 Å². The maximum Gasteiger partial charge on any atom is 0.145 e. The summed E-state index contributed by atoms with van der Waals surface area (Å²) < 4.78 is 13.5. The zero-order chi connectivity index (χ0) is 43.1. The van der Waals surface area contributed by atoms with E-state index in [-0.39, 0.29) is 6.10 Å². The molecule has 0 radical (unpaired) electrons. The van der Waals surface area contributed by atoms with Crippen LogP contribution in [0.25, 0.3) is 82.4 Å². The molecule has 1 aromatic heterocycles. The Hall–Kier alpha value is -8.40. The molecular weight excluding hydrogens is 791 g/mol. The van der Waals surface area contributed by atoms with Crippen LogP contribution >= 0.6 is 0 Å². The summed E-state index contributed by atoms with van der Waals surface area (Å²) in [6.45, 7) is 0. The van der Waals surface area contributed by atoms with Crippen LogP contribution < -0.4 is 9.64 Å². The molecule has 3 heteroatoms. The smallest absolute Gasteiger partial charge is 0.145 e. The summed E-state index contributed by atoms with van der Waals surface area (Å²) in [6.07, 6.45) is 7.45. The Bertz CT molecular complexity index is 3560. The molecule has 1 aliphatic heterocycles. The van der Waals surface area contributed by atoms with Crippen LogP contribution in [0, 0.1) is 0 Å². The van der Waals surface area contributed by atoms with Crippen molar-refractivity contribution in [2.45, 2.75) is 12.5 Å². The molecule has 308 valence electrons.